The van der Waals surface area contributed by atoms with Crippen molar-refractivity contribution in [1.29, 1.82) is 0 Å². The highest BCUT2D eigenvalue weighted by atomic mass is 19.4. The standard InChI is InChI=1S/C34H37F4N3O2/c1-20(2)33(32(42)41-13-11-21-4-7-25(34(36,37)38)15-24(21)19-41)12-10-26(17-33)40-30-9-6-22-14-23(5-8-27(22)30)28-16-31(43-3)39-18-29(28)35/h4-5,7-8,14-16,18,20,26,30,40H,6,9-13,17,19H2,1-3H3/t26-,30?,33+/m1/s1. The van der Waals surface area contributed by atoms with Gasteiger partial charge in [-0.25, -0.2) is 9.37 Å². The average molecular weight is 596 g/mol. The molecule has 43 heavy (non-hydrogen) atoms. The first-order valence-corrected chi connectivity index (χ1v) is 15.1. The Labute approximate surface area is 249 Å². The van der Waals surface area contributed by atoms with Crippen LogP contribution in [0.3, 0.4) is 0 Å². The lowest BCUT2D eigenvalue weighted by Gasteiger charge is -2.40. The van der Waals surface area contributed by atoms with Gasteiger partial charge in [0.2, 0.25) is 11.8 Å². The number of rotatable bonds is 6. The number of methoxy groups -OCH3 is 1. The van der Waals surface area contributed by atoms with Crippen LogP contribution in [0.2, 0.25) is 0 Å². The summed E-state index contributed by atoms with van der Waals surface area (Å²) in [6, 6.07) is 11.9. The maximum Gasteiger partial charge on any atom is 0.416 e. The second-order valence-electron chi connectivity index (χ2n) is 12.6. The molecule has 228 valence electrons. The second kappa shape index (κ2) is 11.2. The molecule has 1 unspecified atom stereocenters. The smallest absolute Gasteiger partial charge is 0.416 e. The number of hydrogen-bond donors (Lipinski definition) is 1. The molecule has 2 aliphatic carbocycles. The monoisotopic (exact) mass is 595 g/mol. The number of halogens is 4. The number of alkyl halides is 3. The average Bonchev–Trinajstić information content (AvgIpc) is 3.61. The molecule has 2 aromatic carbocycles. The third-order valence-corrected chi connectivity index (χ3v) is 9.92. The fourth-order valence-electron chi connectivity index (χ4n) is 7.40. The number of amides is 1. The summed E-state index contributed by atoms with van der Waals surface area (Å²) in [5, 5.41) is 3.83. The summed E-state index contributed by atoms with van der Waals surface area (Å²) in [6.45, 7) is 4.90. The van der Waals surface area contributed by atoms with Crippen LogP contribution in [0, 0.1) is 17.2 Å². The number of aryl methyl sites for hydroxylation is 1. The van der Waals surface area contributed by atoms with Gasteiger partial charge in [-0.2, -0.15) is 13.2 Å². The van der Waals surface area contributed by atoms with Crippen LogP contribution >= 0.6 is 0 Å². The van der Waals surface area contributed by atoms with Crippen LogP contribution in [0.1, 0.15) is 73.4 Å². The van der Waals surface area contributed by atoms with Gasteiger partial charge in [0, 0.05) is 36.8 Å². The predicted octanol–water partition coefficient (Wildman–Crippen LogP) is 7.27. The number of carbonyl (C=O) groups is 1. The summed E-state index contributed by atoms with van der Waals surface area (Å²) >= 11 is 0. The van der Waals surface area contributed by atoms with Gasteiger partial charge in [-0.15, -0.1) is 0 Å². The maximum atomic E-state index is 14.6. The summed E-state index contributed by atoms with van der Waals surface area (Å²) in [5.41, 5.74) is 3.87. The van der Waals surface area contributed by atoms with Crippen molar-refractivity contribution in [3.63, 3.8) is 0 Å². The van der Waals surface area contributed by atoms with Crippen LogP contribution in [-0.2, 0) is 30.4 Å². The zero-order valence-electron chi connectivity index (χ0n) is 24.7. The van der Waals surface area contributed by atoms with Crippen molar-refractivity contribution in [2.24, 2.45) is 11.3 Å². The topological polar surface area (TPSA) is 54.5 Å². The first-order chi connectivity index (χ1) is 20.5. The van der Waals surface area contributed by atoms with Gasteiger partial charge in [0.05, 0.1) is 24.3 Å². The Kier molecular flexibility index (Phi) is 7.73. The zero-order valence-corrected chi connectivity index (χ0v) is 24.7. The molecule has 1 saturated carbocycles. The van der Waals surface area contributed by atoms with E-state index in [1.165, 1.54) is 30.5 Å². The summed E-state index contributed by atoms with van der Waals surface area (Å²) in [5.74, 6) is 0.120. The highest BCUT2D eigenvalue weighted by Crippen LogP contribution is 2.48. The van der Waals surface area contributed by atoms with Gasteiger partial charge in [0.15, 0.2) is 0 Å². The van der Waals surface area contributed by atoms with E-state index in [2.05, 4.69) is 30.2 Å². The minimum absolute atomic E-state index is 0.0566. The van der Waals surface area contributed by atoms with Crippen LogP contribution in [0.15, 0.2) is 48.7 Å². The molecule has 9 heteroatoms. The second-order valence-corrected chi connectivity index (χ2v) is 12.6. The van der Waals surface area contributed by atoms with E-state index in [9.17, 15) is 22.4 Å². The predicted molar refractivity (Wildman–Crippen MR) is 156 cm³/mol. The van der Waals surface area contributed by atoms with Crippen molar-refractivity contribution in [2.75, 3.05) is 13.7 Å². The van der Waals surface area contributed by atoms with E-state index in [0.717, 1.165) is 42.9 Å². The van der Waals surface area contributed by atoms with Crippen LogP contribution in [0.25, 0.3) is 11.1 Å². The molecule has 6 rings (SSSR count). The molecule has 1 aliphatic heterocycles. The zero-order chi connectivity index (χ0) is 30.5. The van der Waals surface area contributed by atoms with Crippen molar-refractivity contribution < 1.29 is 27.1 Å². The third-order valence-electron chi connectivity index (χ3n) is 9.92. The van der Waals surface area contributed by atoms with Gasteiger partial charge in [-0.1, -0.05) is 38.1 Å². The van der Waals surface area contributed by atoms with E-state index in [4.69, 9.17) is 4.74 Å². The summed E-state index contributed by atoms with van der Waals surface area (Å²) in [4.78, 5) is 19.8. The van der Waals surface area contributed by atoms with Crippen LogP contribution in [0.4, 0.5) is 17.6 Å². The Morgan fingerprint density at radius 3 is 2.63 bits per heavy atom. The molecule has 0 bridgehead atoms. The molecule has 3 aromatic rings. The molecule has 0 radical (unpaired) electrons. The molecule has 1 N–H and O–H groups in total. The highest BCUT2D eigenvalue weighted by molar-refractivity contribution is 5.84. The number of benzene rings is 2. The van der Waals surface area contributed by atoms with Crippen molar-refractivity contribution in [3.8, 4) is 17.0 Å². The minimum Gasteiger partial charge on any atom is -0.481 e. The fraction of sp³-hybridized carbons (Fsp3) is 0.471. The van der Waals surface area contributed by atoms with Crippen LogP contribution in [0.5, 0.6) is 5.88 Å². The van der Waals surface area contributed by atoms with Crippen molar-refractivity contribution in [1.82, 2.24) is 15.2 Å². The van der Waals surface area contributed by atoms with E-state index in [1.54, 1.807) is 17.0 Å². The number of fused-ring (bicyclic) bond motifs is 2. The van der Waals surface area contributed by atoms with Crippen molar-refractivity contribution in [2.45, 2.75) is 77.2 Å². The Morgan fingerprint density at radius 1 is 1.07 bits per heavy atom. The molecule has 1 fully saturated rings. The molecule has 0 spiro atoms. The highest BCUT2D eigenvalue weighted by Gasteiger charge is 2.50. The first-order valence-electron chi connectivity index (χ1n) is 15.1. The van der Waals surface area contributed by atoms with E-state index in [0.29, 0.717) is 36.4 Å². The molecular weight excluding hydrogens is 558 g/mol. The summed E-state index contributed by atoms with van der Waals surface area (Å²) in [7, 11) is 1.51. The largest absolute Gasteiger partial charge is 0.481 e. The lowest BCUT2D eigenvalue weighted by Crippen LogP contribution is -2.48. The summed E-state index contributed by atoms with van der Waals surface area (Å²) < 4.78 is 59.8. The number of nitrogens with one attached hydrogen (secondary N) is 1. The van der Waals surface area contributed by atoms with Crippen LogP contribution in [-0.4, -0.2) is 35.5 Å². The number of nitrogens with zero attached hydrogens (tertiary/aromatic N) is 2. The van der Waals surface area contributed by atoms with E-state index in [1.807, 2.05) is 12.1 Å². The molecule has 5 nitrogen and oxygen atoms in total. The van der Waals surface area contributed by atoms with Gasteiger partial charge in [-0.05, 0) is 84.4 Å². The molecule has 2 heterocycles. The van der Waals surface area contributed by atoms with Crippen LogP contribution < -0.4 is 10.1 Å². The van der Waals surface area contributed by atoms with E-state index < -0.39 is 23.0 Å². The number of hydrogen-bond acceptors (Lipinski definition) is 4. The van der Waals surface area contributed by atoms with Gasteiger partial charge in [0.1, 0.15) is 5.82 Å². The lowest BCUT2D eigenvalue weighted by molar-refractivity contribution is -0.145. The molecule has 3 aliphatic rings. The third kappa shape index (κ3) is 5.52. The first kappa shape index (κ1) is 29.6. The quantitative estimate of drug-likeness (QED) is 0.305. The number of ether oxygens (including phenoxy) is 1. The fourth-order valence-corrected chi connectivity index (χ4v) is 7.40. The Bertz CT molecular complexity index is 1540. The normalized spacial score (nSPS) is 23.4. The SMILES string of the molecule is COc1cc(-c2ccc3c(c2)CCC3N[C@@H]2CC[C@@](C(=O)N3CCc4ccc(C(F)(F)F)cc4C3)(C(C)C)C2)c(F)cn1. The molecule has 3 atom stereocenters. The molecule has 1 aromatic heterocycles. The van der Waals surface area contributed by atoms with Gasteiger partial charge in [0.25, 0.3) is 0 Å². The molecular formula is C34H37F4N3O2. The van der Waals surface area contributed by atoms with Crippen molar-refractivity contribution in [3.05, 3.63) is 82.3 Å². The molecule has 1 amide bonds. The van der Waals surface area contributed by atoms with E-state index >= 15 is 0 Å². The van der Waals surface area contributed by atoms with E-state index in [-0.39, 0.29) is 30.5 Å². The Hall–Kier alpha value is -3.46. The minimum atomic E-state index is -4.41. The Balaban J connectivity index is 1.16. The van der Waals surface area contributed by atoms with Gasteiger partial charge >= 0.3 is 6.18 Å². The van der Waals surface area contributed by atoms with Crippen molar-refractivity contribution >= 4 is 5.91 Å². The summed E-state index contributed by atoms with van der Waals surface area (Å²) in [6.07, 6.45) is 1.43. The number of pyridine rings is 1. The van der Waals surface area contributed by atoms with Gasteiger partial charge < -0.3 is 15.0 Å². The lowest BCUT2D eigenvalue weighted by atomic mass is 9.73. The molecule has 0 saturated heterocycles. The number of aromatic nitrogens is 1. The Morgan fingerprint density at radius 2 is 1.88 bits per heavy atom. The number of carbonyl (C=O) groups excluding carboxylic acids is 1. The maximum absolute atomic E-state index is 14.6. The van der Waals surface area contributed by atoms with Gasteiger partial charge in [-0.3, -0.25) is 4.79 Å².